The zero-order chi connectivity index (χ0) is 10.1. The number of hydrogen-bond acceptors (Lipinski definition) is 4. The number of allylic oxidation sites excluding steroid dienone is 2. The second kappa shape index (κ2) is 3.10. The number of carbonyl (C=O) groups is 2. The van der Waals surface area contributed by atoms with Crippen LogP contribution in [-0.4, -0.2) is 24.9 Å². The van der Waals surface area contributed by atoms with E-state index >= 15 is 0 Å². The molecule has 1 atom stereocenters. The van der Waals surface area contributed by atoms with Crippen molar-refractivity contribution in [3.63, 3.8) is 0 Å². The van der Waals surface area contributed by atoms with Crippen LogP contribution in [0, 0.1) is 5.92 Å². The molecule has 0 saturated carbocycles. The van der Waals surface area contributed by atoms with Crippen molar-refractivity contribution >= 4 is 17.8 Å². The first-order chi connectivity index (χ1) is 6.70. The molecule has 14 heavy (non-hydrogen) atoms. The summed E-state index contributed by atoms with van der Waals surface area (Å²) in [4.78, 5) is 25.6. The Bertz CT molecular complexity index is 392. The van der Waals surface area contributed by atoms with Gasteiger partial charge >= 0.3 is 12.1 Å². The molecule has 0 aromatic carbocycles. The number of nitrogens with zero attached hydrogens (tertiary/aromatic N) is 1. The van der Waals surface area contributed by atoms with E-state index in [0.717, 1.165) is 0 Å². The molecule has 0 saturated heterocycles. The van der Waals surface area contributed by atoms with Gasteiger partial charge in [-0.2, -0.15) is 4.99 Å². The molecule has 0 radical (unpaired) electrons. The fraction of sp³-hybridized carbons (Fsp3) is 0.222. The van der Waals surface area contributed by atoms with Crippen LogP contribution in [0.2, 0.25) is 0 Å². The lowest BCUT2D eigenvalue weighted by atomic mass is 9.97. The van der Waals surface area contributed by atoms with Gasteiger partial charge in [0.25, 0.3) is 0 Å². The van der Waals surface area contributed by atoms with E-state index in [4.69, 9.17) is 4.74 Å². The number of aliphatic imine (C=N–C) groups is 1. The molecule has 1 unspecified atom stereocenters. The van der Waals surface area contributed by atoms with Crippen molar-refractivity contribution in [3.8, 4) is 0 Å². The Morgan fingerprint density at radius 2 is 2.29 bits per heavy atom. The van der Waals surface area contributed by atoms with Crippen molar-refractivity contribution < 1.29 is 19.1 Å². The number of esters is 1. The van der Waals surface area contributed by atoms with Crippen molar-refractivity contribution in [2.45, 2.75) is 0 Å². The number of ether oxygens (including phenoxy) is 2. The van der Waals surface area contributed by atoms with Gasteiger partial charge in [0.2, 0.25) is 0 Å². The Morgan fingerprint density at radius 3 is 3.00 bits per heavy atom. The third-order valence-electron chi connectivity index (χ3n) is 1.96. The summed E-state index contributed by atoms with van der Waals surface area (Å²) in [7, 11) is 1.50. The molecule has 72 valence electrons. The van der Waals surface area contributed by atoms with Crippen molar-refractivity contribution in [1.29, 1.82) is 0 Å². The van der Waals surface area contributed by atoms with Crippen LogP contribution in [0.25, 0.3) is 0 Å². The Hall–Kier alpha value is -1.91. The molecule has 0 bridgehead atoms. The number of methoxy groups -OCH3 is 1. The first-order valence-electron chi connectivity index (χ1n) is 3.99. The highest BCUT2D eigenvalue weighted by Gasteiger charge is 2.31. The minimum atomic E-state index is -0.872. The maximum atomic E-state index is 11.2. The molecular weight excluding hydrogens is 186 g/mol. The van der Waals surface area contributed by atoms with Crippen LogP contribution in [0.4, 0.5) is 4.79 Å². The Labute approximate surface area is 79.7 Å². The topological polar surface area (TPSA) is 65.0 Å². The number of rotatable bonds is 1. The van der Waals surface area contributed by atoms with E-state index in [-0.39, 0.29) is 0 Å². The van der Waals surface area contributed by atoms with Crippen LogP contribution in [0.15, 0.2) is 29.0 Å². The number of carbonyl (C=O) groups excluding carboxylic acids is 2. The Kier molecular flexibility index (Phi) is 1.92. The fourth-order valence-corrected chi connectivity index (χ4v) is 1.28. The van der Waals surface area contributed by atoms with E-state index in [1.807, 2.05) is 0 Å². The third-order valence-corrected chi connectivity index (χ3v) is 1.96. The average Bonchev–Trinajstić information content (AvgIpc) is 2.16. The molecule has 0 aromatic rings. The quantitative estimate of drug-likeness (QED) is 0.456. The standard InChI is InChI=1S/C9H7NO4/c1-13-5-2-3-6-7(4-5)10-9(12)14-8(6)11/h2-4,6H,1H3. The molecule has 5 heteroatoms. The van der Waals surface area contributed by atoms with Crippen LogP contribution in [0.3, 0.4) is 0 Å². The first-order valence-corrected chi connectivity index (χ1v) is 3.99. The van der Waals surface area contributed by atoms with Crippen LogP contribution in [-0.2, 0) is 14.3 Å². The predicted octanol–water partition coefficient (Wildman–Crippen LogP) is 0.821. The maximum Gasteiger partial charge on any atom is 0.441 e. The summed E-state index contributed by atoms with van der Waals surface area (Å²) >= 11 is 0. The zero-order valence-corrected chi connectivity index (χ0v) is 7.39. The molecule has 1 aliphatic carbocycles. The van der Waals surface area contributed by atoms with Gasteiger partial charge in [-0.25, -0.2) is 4.79 Å². The summed E-state index contributed by atoms with van der Waals surface area (Å²) in [6, 6.07) is 0. The molecule has 1 amide bonds. The molecular formula is C9H7NO4. The lowest BCUT2D eigenvalue weighted by Gasteiger charge is -2.18. The van der Waals surface area contributed by atoms with Crippen molar-refractivity contribution in [2.75, 3.05) is 7.11 Å². The Morgan fingerprint density at radius 1 is 1.50 bits per heavy atom. The Balaban J connectivity index is 2.39. The van der Waals surface area contributed by atoms with Gasteiger partial charge in [0.05, 0.1) is 12.8 Å². The molecule has 1 aliphatic heterocycles. The summed E-state index contributed by atoms with van der Waals surface area (Å²) in [6.45, 7) is 0. The summed E-state index contributed by atoms with van der Waals surface area (Å²) in [5, 5.41) is 0. The van der Waals surface area contributed by atoms with Gasteiger partial charge in [-0.1, -0.05) is 6.08 Å². The summed E-state index contributed by atoms with van der Waals surface area (Å²) in [5.74, 6) is -0.614. The molecule has 2 rings (SSSR count). The molecule has 5 nitrogen and oxygen atoms in total. The number of fused-ring (bicyclic) bond motifs is 1. The molecule has 1 heterocycles. The molecule has 0 aromatic heterocycles. The van der Waals surface area contributed by atoms with Gasteiger partial charge in [-0.3, -0.25) is 4.79 Å². The van der Waals surface area contributed by atoms with Gasteiger partial charge in [-0.15, -0.1) is 0 Å². The smallest absolute Gasteiger partial charge is 0.441 e. The highest BCUT2D eigenvalue weighted by molar-refractivity contribution is 6.18. The van der Waals surface area contributed by atoms with Crippen LogP contribution in [0.5, 0.6) is 0 Å². The van der Waals surface area contributed by atoms with Gasteiger partial charge in [0.15, 0.2) is 0 Å². The summed E-state index contributed by atoms with van der Waals surface area (Å²) in [6.07, 6.45) is 3.90. The van der Waals surface area contributed by atoms with Crippen LogP contribution in [0.1, 0.15) is 0 Å². The number of hydrogen-bond donors (Lipinski definition) is 0. The van der Waals surface area contributed by atoms with E-state index in [1.165, 1.54) is 7.11 Å². The lowest BCUT2D eigenvalue weighted by molar-refractivity contribution is -0.138. The zero-order valence-electron chi connectivity index (χ0n) is 7.39. The van der Waals surface area contributed by atoms with Gasteiger partial charge in [0, 0.05) is 6.08 Å². The summed E-state index contributed by atoms with van der Waals surface area (Å²) in [5.41, 5.74) is 0.366. The van der Waals surface area contributed by atoms with Crippen LogP contribution >= 0.6 is 0 Å². The molecule has 0 N–H and O–H groups in total. The predicted molar refractivity (Wildman–Crippen MR) is 46.6 cm³/mol. The average molecular weight is 193 g/mol. The van der Waals surface area contributed by atoms with Gasteiger partial charge < -0.3 is 9.47 Å². The van der Waals surface area contributed by atoms with Gasteiger partial charge in [-0.05, 0) is 6.08 Å². The minimum absolute atomic E-state index is 0.366. The van der Waals surface area contributed by atoms with E-state index in [0.29, 0.717) is 11.5 Å². The van der Waals surface area contributed by atoms with E-state index in [1.54, 1.807) is 18.2 Å². The molecule has 0 fully saturated rings. The normalized spacial score (nSPS) is 24.8. The second-order valence-electron chi connectivity index (χ2n) is 2.81. The van der Waals surface area contributed by atoms with Crippen molar-refractivity contribution in [2.24, 2.45) is 10.9 Å². The number of cyclic esters (lactones) is 2. The van der Waals surface area contributed by atoms with Crippen molar-refractivity contribution in [3.05, 3.63) is 24.0 Å². The summed E-state index contributed by atoms with van der Waals surface area (Å²) < 4.78 is 9.28. The van der Waals surface area contributed by atoms with Gasteiger partial charge in [0.1, 0.15) is 11.7 Å². The highest BCUT2D eigenvalue weighted by atomic mass is 16.6. The number of amides is 1. The largest absolute Gasteiger partial charge is 0.497 e. The third kappa shape index (κ3) is 1.32. The van der Waals surface area contributed by atoms with E-state index in [2.05, 4.69) is 9.73 Å². The highest BCUT2D eigenvalue weighted by Crippen LogP contribution is 2.20. The van der Waals surface area contributed by atoms with Crippen molar-refractivity contribution in [1.82, 2.24) is 0 Å². The monoisotopic (exact) mass is 193 g/mol. The first kappa shape index (κ1) is 8.68. The molecule has 0 spiro atoms. The lowest BCUT2D eigenvalue weighted by Crippen LogP contribution is -2.32. The molecule has 2 aliphatic rings. The van der Waals surface area contributed by atoms with E-state index < -0.39 is 18.0 Å². The second-order valence-corrected chi connectivity index (χ2v) is 2.81. The SMILES string of the molecule is COC1=CC2=NC(=O)OC(=O)C2C=C1. The maximum absolute atomic E-state index is 11.2. The minimum Gasteiger partial charge on any atom is -0.497 e. The fourth-order valence-electron chi connectivity index (χ4n) is 1.28. The van der Waals surface area contributed by atoms with E-state index in [9.17, 15) is 9.59 Å². The van der Waals surface area contributed by atoms with Crippen LogP contribution < -0.4 is 0 Å².